The van der Waals surface area contributed by atoms with E-state index in [1.807, 2.05) is 50.2 Å². The Bertz CT molecular complexity index is 1310. The Labute approximate surface area is 195 Å². The molecule has 1 aliphatic heterocycles. The molecule has 3 heterocycles. The van der Waals surface area contributed by atoms with Crippen molar-refractivity contribution in [3.05, 3.63) is 77.6 Å². The van der Waals surface area contributed by atoms with Gasteiger partial charge in [0.05, 0.1) is 29.2 Å². The van der Waals surface area contributed by atoms with Crippen LogP contribution in [-0.2, 0) is 0 Å². The van der Waals surface area contributed by atoms with Gasteiger partial charge in [0.15, 0.2) is 5.65 Å². The summed E-state index contributed by atoms with van der Waals surface area (Å²) in [7, 11) is 0. The second-order valence-corrected chi connectivity index (χ2v) is 8.34. The lowest BCUT2D eigenvalue weighted by molar-refractivity contribution is -0.0507. The summed E-state index contributed by atoms with van der Waals surface area (Å²) in [5, 5.41) is 18.6. The van der Waals surface area contributed by atoms with Crippen LogP contribution in [0, 0.1) is 0 Å². The zero-order chi connectivity index (χ0) is 23.8. The number of aromatic nitrogens is 3. The maximum atomic E-state index is 13.0. The highest BCUT2D eigenvalue weighted by molar-refractivity contribution is 5.62. The monoisotopic (exact) mass is 466 g/mol. The quantitative estimate of drug-likeness (QED) is 0.435. The predicted molar refractivity (Wildman–Crippen MR) is 122 cm³/mol. The molecule has 0 spiro atoms. The molecule has 0 saturated carbocycles. The van der Waals surface area contributed by atoms with Gasteiger partial charge in [0, 0.05) is 17.7 Å². The zero-order valence-electron chi connectivity index (χ0n) is 18.7. The number of para-hydroxylation sites is 1. The number of aliphatic hydroxyl groups excluding tert-OH is 1. The number of rotatable bonds is 6. The summed E-state index contributed by atoms with van der Waals surface area (Å²) in [6.07, 6.45) is -0.780. The minimum atomic E-state index is -2.95. The molecule has 2 N–H and O–H groups in total. The number of β-amino-alcohol motifs (C(OH)–C–C–N with tert-alkyl or cyclic N) is 1. The number of ether oxygens (including phenoxy) is 2. The van der Waals surface area contributed by atoms with Crippen LogP contribution in [0.4, 0.5) is 8.78 Å². The summed E-state index contributed by atoms with van der Waals surface area (Å²) in [5.41, 5.74) is 3.68. The van der Waals surface area contributed by atoms with Crippen LogP contribution in [0.1, 0.15) is 42.9 Å². The molecule has 0 amide bonds. The first-order valence-corrected chi connectivity index (χ1v) is 11.0. The van der Waals surface area contributed by atoms with Gasteiger partial charge >= 0.3 is 6.61 Å². The van der Waals surface area contributed by atoms with Gasteiger partial charge in [0.2, 0.25) is 0 Å². The minimum Gasteiger partial charge on any atom is -0.491 e. The van der Waals surface area contributed by atoms with Crippen molar-refractivity contribution in [3.63, 3.8) is 0 Å². The van der Waals surface area contributed by atoms with Gasteiger partial charge in [-0.2, -0.15) is 13.9 Å². The third-order valence-electron chi connectivity index (χ3n) is 5.61. The van der Waals surface area contributed by atoms with E-state index in [2.05, 4.69) is 10.3 Å². The molecule has 2 aromatic heterocycles. The van der Waals surface area contributed by atoms with E-state index in [9.17, 15) is 13.9 Å². The van der Waals surface area contributed by atoms with Crippen LogP contribution in [0.25, 0.3) is 16.9 Å². The van der Waals surface area contributed by atoms with Crippen molar-refractivity contribution in [3.8, 4) is 22.8 Å². The molecular weight excluding hydrogens is 442 g/mol. The molecule has 0 radical (unpaired) electrons. The molecule has 0 saturated heterocycles. The third-order valence-corrected chi connectivity index (χ3v) is 5.61. The van der Waals surface area contributed by atoms with Crippen molar-refractivity contribution >= 4 is 5.65 Å². The van der Waals surface area contributed by atoms with Crippen LogP contribution in [0.3, 0.4) is 0 Å². The summed E-state index contributed by atoms with van der Waals surface area (Å²) < 4.78 is 38.2. The molecular formula is C25H24F2N4O3. The second kappa shape index (κ2) is 9.00. The first-order chi connectivity index (χ1) is 16.4. The van der Waals surface area contributed by atoms with Crippen LogP contribution in [0.2, 0.25) is 0 Å². The molecule has 2 atom stereocenters. The maximum Gasteiger partial charge on any atom is 0.387 e. The summed E-state index contributed by atoms with van der Waals surface area (Å²) in [6, 6.07) is 17.3. The number of nitrogens with one attached hydrogen (secondary N) is 1. The molecule has 0 fully saturated rings. The van der Waals surface area contributed by atoms with E-state index < -0.39 is 18.8 Å². The van der Waals surface area contributed by atoms with Crippen molar-refractivity contribution in [1.82, 2.24) is 19.9 Å². The molecule has 1 aliphatic rings. The minimum absolute atomic E-state index is 0.0594. The number of alkyl halides is 2. The first kappa shape index (κ1) is 22.2. The summed E-state index contributed by atoms with van der Waals surface area (Å²) >= 11 is 0. The van der Waals surface area contributed by atoms with Crippen LogP contribution >= 0.6 is 0 Å². The van der Waals surface area contributed by atoms with Gasteiger partial charge < -0.3 is 19.9 Å². The smallest absolute Gasteiger partial charge is 0.387 e. The Morgan fingerprint density at radius 3 is 2.53 bits per heavy atom. The molecule has 2 aromatic carbocycles. The Morgan fingerprint density at radius 2 is 1.79 bits per heavy atom. The fraction of sp³-hybridized carbons (Fsp3) is 0.280. The summed E-state index contributed by atoms with van der Waals surface area (Å²) in [6.45, 7) is 1.20. The molecule has 4 aromatic rings. The number of aliphatic hydroxyl groups is 1. The van der Waals surface area contributed by atoms with E-state index in [-0.39, 0.29) is 18.4 Å². The number of hydrogen-bond donors (Lipinski definition) is 2. The number of fused-ring (bicyclic) bond motifs is 3. The standard InChI is InChI=1S/C25H24F2N4O3/c1-14(2)33-16-9-7-15(8-10-16)18-11-12-21-29-23-19(32)13-28-22(24(23)31(21)30-18)17-5-3-4-6-20(17)34-25(26)27/h3-12,14,19,22,25,28,32H,13H2,1-2H3/t19-,22-/m1/s1. The van der Waals surface area contributed by atoms with Crippen LogP contribution in [-0.4, -0.2) is 39.0 Å². The fourth-order valence-corrected chi connectivity index (χ4v) is 4.22. The number of halogens is 2. The highest BCUT2D eigenvalue weighted by atomic mass is 19.3. The Morgan fingerprint density at radius 1 is 1.03 bits per heavy atom. The third kappa shape index (κ3) is 4.20. The molecule has 5 rings (SSSR count). The highest BCUT2D eigenvalue weighted by Crippen LogP contribution is 2.37. The van der Waals surface area contributed by atoms with E-state index >= 15 is 0 Å². The Kier molecular flexibility index (Phi) is 5.89. The van der Waals surface area contributed by atoms with Gasteiger partial charge in [-0.3, -0.25) is 0 Å². The summed E-state index contributed by atoms with van der Waals surface area (Å²) in [5.74, 6) is 0.826. The molecule has 0 bridgehead atoms. The van der Waals surface area contributed by atoms with Crippen LogP contribution in [0.5, 0.6) is 11.5 Å². The molecule has 0 unspecified atom stereocenters. The van der Waals surface area contributed by atoms with E-state index in [1.165, 1.54) is 6.07 Å². The lowest BCUT2D eigenvalue weighted by Crippen LogP contribution is -2.35. The Balaban J connectivity index is 1.60. The number of hydrogen-bond acceptors (Lipinski definition) is 6. The normalized spacial score (nSPS) is 17.9. The van der Waals surface area contributed by atoms with E-state index in [0.29, 0.717) is 28.3 Å². The first-order valence-electron chi connectivity index (χ1n) is 11.0. The van der Waals surface area contributed by atoms with Crippen molar-refractivity contribution in [1.29, 1.82) is 0 Å². The summed E-state index contributed by atoms with van der Waals surface area (Å²) in [4.78, 5) is 4.58. The van der Waals surface area contributed by atoms with Gasteiger partial charge in [-0.05, 0) is 56.3 Å². The lowest BCUT2D eigenvalue weighted by atomic mass is 9.96. The maximum absolute atomic E-state index is 13.0. The van der Waals surface area contributed by atoms with E-state index in [1.54, 1.807) is 22.7 Å². The molecule has 7 nitrogen and oxygen atoms in total. The van der Waals surface area contributed by atoms with Gasteiger partial charge in [-0.25, -0.2) is 9.50 Å². The largest absolute Gasteiger partial charge is 0.491 e. The van der Waals surface area contributed by atoms with Crippen molar-refractivity contribution < 1.29 is 23.4 Å². The van der Waals surface area contributed by atoms with Crippen molar-refractivity contribution in [2.45, 2.75) is 38.7 Å². The fourth-order valence-electron chi connectivity index (χ4n) is 4.22. The lowest BCUT2D eigenvalue weighted by Gasteiger charge is -2.28. The average Bonchev–Trinajstić information content (AvgIpc) is 3.20. The molecule has 176 valence electrons. The van der Waals surface area contributed by atoms with Gasteiger partial charge in [-0.1, -0.05) is 18.2 Å². The van der Waals surface area contributed by atoms with Crippen LogP contribution < -0.4 is 14.8 Å². The second-order valence-electron chi connectivity index (χ2n) is 8.34. The van der Waals surface area contributed by atoms with Crippen molar-refractivity contribution in [2.75, 3.05) is 6.54 Å². The van der Waals surface area contributed by atoms with Gasteiger partial charge in [0.1, 0.15) is 17.6 Å². The number of benzene rings is 2. The van der Waals surface area contributed by atoms with Gasteiger partial charge in [-0.15, -0.1) is 0 Å². The number of imidazole rings is 1. The van der Waals surface area contributed by atoms with E-state index in [0.717, 1.165) is 11.3 Å². The van der Waals surface area contributed by atoms with Crippen LogP contribution in [0.15, 0.2) is 60.7 Å². The SMILES string of the molecule is CC(C)Oc1ccc(-c2ccc3nc4c(n3n2)[C@@H](c2ccccc2OC(F)F)NC[C@H]4O)cc1. The Hall–Kier alpha value is -3.56. The predicted octanol–water partition coefficient (Wildman–Crippen LogP) is 4.51. The highest BCUT2D eigenvalue weighted by Gasteiger charge is 2.34. The topological polar surface area (TPSA) is 80.9 Å². The molecule has 0 aliphatic carbocycles. The zero-order valence-corrected chi connectivity index (χ0v) is 18.7. The number of nitrogens with zero attached hydrogens (tertiary/aromatic N) is 3. The van der Waals surface area contributed by atoms with Gasteiger partial charge in [0.25, 0.3) is 0 Å². The average molecular weight is 466 g/mol. The molecule has 34 heavy (non-hydrogen) atoms. The molecule has 9 heteroatoms. The van der Waals surface area contributed by atoms with Crippen molar-refractivity contribution in [2.24, 2.45) is 0 Å². The van der Waals surface area contributed by atoms with E-state index in [4.69, 9.17) is 14.6 Å².